The van der Waals surface area contributed by atoms with Crippen LogP contribution >= 0.6 is 23.2 Å². The molecule has 0 saturated heterocycles. The predicted molar refractivity (Wildman–Crippen MR) is 63.9 cm³/mol. The van der Waals surface area contributed by atoms with Gasteiger partial charge in [0.25, 0.3) is 0 Å². The van der Waals surface area contributed by atoms with E-state index in [2.05, 4.69) is 10.3 Å². The maximum absolute atomic E-state index is 13.4. The van der Waals surface area contributed by atoms with Gasteiger partial charge in [-0.3, -0.25) is 0 Å². The standard InChI is InChI=1S/C11H6Cl2F2N2/c12-6-3-10(15)11(16-5-6)17-7-1-2-9(14)8(13)4-7/h1-5H,(H,16,17). The molecular formula is C11H6Cl2F2N2. The Labute approximate surface area is 106 Å². The van der Waals surface area contributed by atoms with Crippen LogP contribution in [0.4, 0.5) is 20.3 Å². The quantitative estimate of drug-likeness (QED) is 0.878. The van der Waals surface area contributed by atoms with E-state index >= 15 is 0 Å². The first-order valence-electron chi connectivity index (χ1n) is 4.59. The van der Waals surface area contributed by atoms with Gasteiger partial charge in [-0.2, -0.15) is 0 Å². The van der Waals surface area contributed by atoms with Crippen molar-refractivity contribution >= 4 is 34.7 Å². The summed E-state index contributed by atoms with van der Waals surface area (Å²) in [5.74, 6) is -1.14. The summed E-state index contributed by atoms with van der Waals surface area (Å²) in [6.07, 6.45) is 1.30. The molecule has 17 heavy (non-hydrogen) atoms. The lowest BCUT2D eigenvalue weighted by Gasteiger charge is -2.07. The van der Waals surface area contributed by atoms with Crippen molar-refractivity contribution in [2.45, 2.75) is 0 Å². The fraction of sp³-hybridized carbons (Fsp3) is 0. The Balaban J connectivity index is 2.28. The minimum atomic E-state index is -0.599. The summed E-state index contributed by atoms with van der Waals surface area (Å²) in [6.45, 7) is 0. The van der Waals surface area contributed by atoms with Gasteiger partial charge in [0.15, 0.2) is 11.6 Å². The summed E-state index contributed by atoms with van der Waals surface area (Å²) >= 11 is 11.2. The Morgan fingerprint density at radius 3 is 2.47 bits per heavy atom. The average Bonchev–Trinajstić information content (AvgIpc) is 2.27. The van der Waals surface area contributed by atoms with Crippen molar-refractivity contribution in [3.63, 3.8) is 0 Å². The topological polar surface area (TPSA) is 24.9 Å². The van der Waals surface area contributed by atoms with Crippen molar-refractivity contribution in [2.75, 3.05) is 5.32 Å². The molecule has 0 amide bonds. The highest BCUT2D eigenvalue weighted by molar-refractivity contribution is 6.31. The van der Waals surface area contributed by atoms with E-state index in [-0.39, 0.29) is 15.9 Å². The zero-order valence-corrected chi connectivity index (χ0v) is 9.86. The number of nitrogens with zero attached hydrogens (tertiary/aromatic N) is 1. The molecule has 0 aliphatic heterocycles. The third-order valence-electron chi connectivity index (χ3n) is 1.99. The number of hydrogen-bond acceptors (Lipinski definition) is 2. The number of aromatic nitrogens is 1. The zero-order chi connectivity index (χ0) is 12.4. The van der Waals surface area contributed by atoms with Gasteiger partial charge >= 0.3 is 0 Å². The Morgan fingerprint density at radius 1 is 1.06 bits per heavy atom. The molecule has 0 saturated carbocycles. The molecule has 0 fully saturated rings. The zero-order valence-electron chi connectivity index (χ0n) is 8.35. The van der Waals surface area contributed by atoms with Gasteiger partial charge < -0.3 is 5.32 Å². The monoisotopic (exact) mass is 274 g/mol. The third-order valence-corrected chi connectivity index (χ3v) is 2.49. The predicted octanol–water partition coefficient (Wildman–Crippen LogP) is 4.41. The van der Waals surface area contributed by atoms with Gasteiger partial charge in [0.05, 0.1) is 10.0 Å². The second-order valence-electron chi connectivity index (χ2n) is 3.24. The summed E-state index contributed by atoms with van der Waals surface area (Å²) in [5, 5.41) is 2.82. The molecule has 2 aromatic rings. The third kappa shape index (κ3) is 2.84. The van der Waals surface area contributed by atoms with E-state index in [0.717, 1.165) is 6.07 Å². The SMILES string of the molecule is Fc1ccc(Nc2ncc(Cl)cc2F)cc1Cl. The molecule has 1 aromatic carbocycles. The molecule has 0 radical (unpaired) electrons. The van der Waals surface area contributed by atoms with E-state index in [9.17, 15) is 8.78 Å². The van der Waals surface area contributed by atoms with Crippen LogP contribution in [0, 0.1) is 11.6 Å². The molecule has 0 bridgehead atoms. The molecule has 1 heterocycles. The van der Waals surface area contributed by atoms with Gasteiger partial charge in [0.1, 0.15) is 5.82 Å². The van der Waals surface area contributed by atoms with Crippen molar-refractivity contribution in [3.05, 3.63) is 52.1 Å². The molecule has 88 valence electrons. The molecule has 0 spiro atoms. The van der Waals surface area contributed by atoms with Crippen LogP contribution < -0.4 is 5.32 Å². The summed E-state index contributed by atoms with van der Waals surface area (Å²) in [5.41, 5.74) is 0.435. The fourth-order valence-electron chi connectivity index (χ4n) is 1.22. The van der Waals surface area contributed by atoms with E-state index < -0.39 is 11.6 Å². The average molecular weight is 275 g/mol. The molecular weight excluding hydrogens is 269 g/mol. The van der Waals surface area contributed by atoms with Crippen LogP contribution in [0.5, 0.6) is 0 Å². The lowest BCUT2D eigenvalue weighted by atomic mass is 10.3. The Hall–Kier alpha value is -1.39. The van der Waals surface area contributed by atoms with E-state index in [1.165, 1.54) is 24.4 Å². The summed E-state index contributed by atoms with van der Waals surface area (Å²) in [4.78, 5) is 3.77. The fourth-order valence-corrected chi connectivity index (χ4v) is 1.54. The number of halogens is 4. The summed E-state index contributed by atoms with van der Waals surface area (Å²) < 4.78 is 26.3. The molecule has 2 nitrogen and oxygen atoms in total. The summed E-state index contributed by atoms with van der Waals surface area (Å²) in [7, 11) is 0. The van der Waals surface area contributed by atoms with Gasteiger partial charge in [-0.25, -0.2) is 13.8 Å². The smallest absolute Gasteiger partial charge is 0.167 e. The minimum Gasteiger partial charge on any atom is -0.338 e. The van der Waals surface area contributed by atoms with Crippen LogP contribution in [0.2, 0.25) is 10.0 Å². The highest BCUT2D eigenvalue weighted by Gasteiger charge is 2.06. The van der Waals surface area contributed by atoms with Crippen molar-refractivity contribution < 1.29 is 8.78 Å². The first-order chi connectivity index (χ1) is 8.06. The number of benzene rings is 1. The van der Waals surface area contributed by atoms with Gasteiger partial charge in [0, 0.05) is 11.9 Å². The van der Waals surface area contributed by atoms with E-state index in [4.69, 9.17) is 23.2 Å². The van der Waals surface area contributed by atoms with E-state index in [1.807, 2.05) is 0 Å². The van der Waals surface area contributed by atoms with E-state index in [0.29, 0.717) is 5.69 Å². The molecule has 2 rings (SSSR count). The minimum absolute atomic E-state index is 0.00271. The van der Waals surface area contributed by atoms with Crippen molar-refractivity contribution in [1.29, 1.82) is 0 Å². The highest BCUT2D eigenvalue weighted by Crippen LogP contribution is 2.24. The van der Waals surface area contributed by atoms with Crippen LogP contribution in [-0.2, 0) is 0 Å². The number of pyridine rings is 1. The number of nitrogens with one attached hydrogen (secondary N) is 1. The second kappa shape index (κ2) is 4.85. The largest absolute Gasteiger partial charge is 0.338 e. The molecule has 1 aromatic heterocycles. The first kappa shape index (κ1) is 12.1. The Kier molecular flexibility index (Phi) is 3.45. The molecule has 0 aliphatic rings. The Bertz CT molecular complexity index is 561. The highest BCUT2D eigenvalue weighted by atomic mass is 35.5. The number of hydrogen-bond donors (Lipinski definition) is 1. The van der Waals surface area contributed by atoms with Crippen LogP contribution in [0.25, 0.3) is 0 Å². The molecule has 0 atom stereocenters. The molecule has 0 unspecified atom stereocenters. The maximum atomic E-state index is 13.4. The maximum Gasteiger partial charge on any atom is 0.167 e. The molecule has 6 heteroatoms. The van der Waals surface area contributed by atoms with Crippen LogP contribution in [-0.4, -0.2) is 4.98 Å². The van der Waals surface area contributed by atoms with Gasteiger partial charge in [-0.1, -0.05) is 23.2 Å². The second-order valence-corrected chi connectivity index (χ2v) is 4.08. The normalized spacial score (nSPS) is 10.4. The van der Waals surface area contributed by atoms with Crippen LogP contribution in [0.1, 0.15) is 0 Å². The molecule has 0 aliphatic carbocycles. The Morgan fingerprint density at radius 2 is 1.82 bits per heavy atom. The number of anilines is 2. The van der Waals surface area contributed by atoms with Crippen molar-refractivity contribution in [1.82, 2.24) is 4.98 Å². The van der Waals surface area contributed by atoms with Crippen molar-refractivity contribution in [2.24, 2.45) is 0 Å². The lowest BCUT2D eigenvalue weighted by molar-refractivity contribution is 0.626. The van der Waals surface area contributed by atoms with Crippen molar-refractivity contribution in [3.8, 4) is 0 Å². The van der Waals surface area contributed by atoms with Gasteiger partial charge in [-0.15, -0.1) is 0 Å². The van der Waals surface area contributed by atoms with Crippen LogP contribution in [0.15, 0.2) is 30.5 Å². The van der Waals surface area contributed by atoms with Gasteiger partial charge in [-0.05, 0) is 24.3 Å². The lowest BCUT2D eigenvalue weighted by Crippen LogP contribution is -1.97. The van der Waals surface area contributed by atoms with E-state index in [1.54, 1.807) is 0 Å². The number of rotatable bonds is 2. The van der Waals surface area contributed by atoms with Crippen LogP contribution in [0.3, 0.4) is 0 Å². The first-order valence-corrected chi connectivity index (χ1v) is 5.35. The molecule has 1 N–H and O–H groups in total. The summed E-state index contributed by atoms with van der Waals surface area (Å²) in [6, 6.07) is 5.07. The van der Waals surface area contributed by atoms with Gasteiger partial charge in [0.2, 0.25) is 0 Å².